The van der Waals surface area contributed by atoms with E-state index >= 15 is 0 Å². The second kappa shape index (κ2) is 7.45. The van der Waals surface area contributed by atoms with Gasteiger partial charge in [0, 0.05) is 23.9 Å². The third kappa shape index (κ3) is 3.60. The summed E-state index contributed by atoms with van der Waals surface area (Å²) in [7, 11) is 0. The van der Waals surface area contributed by atoms with Crippen molar-refractivity contribution in [2.75, 3.05) is 18.1 Å². The first-order valence-electron chi connectivity index (χ1n) is 8.80. The molecule has 3 aromatic rings. The van der Waals surface area contributed by atoms with Crippen LogP contribution in [-0.4, -0.2) is 30.2 Å². The summed E-state index contributed by atoms with van der Waals surface area (Å²) in [5.41, 5.74) is 3.39. The molecule has 0 unspecified atom stereocenters. The molecule has 0 atom stereocenters. The summed E-state index contributed by atoms with van der Waals surface area (Å²) >= 11 is 0. The Bertz CT molecular complexity index is 965. The molecule has 136 valence electrons. The van der Waals surface area contributed by atoms with Crippen molar-refractivity contribution in [1.29, 1.82) is 0 Å². The first-order chi connectivity index (χ1) is 13.2. The van der Waals surface area contributed by atoms with Crippen LogP contribution in [0.1, 0.15) is 22.5 Å². The Kier molecular flexibility index (Phi) is 4.70. The topological polar surface area (TPSA) is 72.6 Å². The monoisotopic (exact) mass is 362 g/mol. The Morgan fingerprint density at radius 3 is 2.70 bits per heavy atom. The standard InChI is InChI=1S/C21H18N2O4/c24-20(23-12-6-10-16-9-4-5-11-18(16)23)14-26-21(25)19-13-17(22-27-19)15-7-2-1-3-8-15/h1-5,7-9,11,13H,6,10,12,14H2. The van der Waals surface area contributed by atoms with Crippen LogP contribution in [0.3, 0.4) is 0 Å². The number of aromatic nitrogens is 1. The van der Waals surface area contributed by atoms with E-state index in [1.807, 2.05) is 54.6 Å². The Morgan fingerprint density at radius 1 is 1.07 bits per heavy atom. The fraction of sp³-hybridized carbons (Fsp3) is 0.190. The zero-order chi connectivity index (χ0) is 18.6. The Balaban J connectivity index is 1.40. The number of amides is 1. The summed E-state index contributed by atoms with van der Waals surface area (Å²) in [5, 5.41) is 3.88. The number of aryl methyl sites for hydroxylation is 1. The van der Waals surface area contributed by atoms with Gasteiger partial charge in [-0.25, -0.2) is 4.79 Å². The van der Waals surface area contributed by atoms with E-state index in [1.165, 1.54) is 6.07 Å². The number of hydrogen-bond acceptors (Lipinski definition) is 5. The Labute approximate surface area is 156 Å². The van der Waals surface area contributed by atoms with Crippen molar-refractivity contribution in [3.05, 3.63) is 72.0 Å². The highest BCUT2D eigenvalue weighted by Gasteiger charge is 2.24. The predicted molar refractivity (Wildman–Crippen MR) is 99.3 cm³/mol. The van der Waals surface area contributed by atoms with Crippen molar-refractivity contribution < 1.29 is 18.8 Å². The molecule has 2 aromatic carbocycles. The summed E-state index contributed by atoms with van der Waals surface area (Å²) in [6.45, 7) is 0.280. The average Bonchev–Trinajstić information content (AvgIpc) is 3.22. The van der Waals surface area contributed by atoms with Crippen LogP contribution < -0.4 is 4.90 Å². The smallest absolute Gasteiger partial charge is 0.377 e. The molecule has 0 saturated carbocycles. The Hall–Kier alpha value is -3.41. The van der Waals surface area contributed by atoms with E-state index in [4.69, 9.17) is 9.26 Å². The van der Waals surface area contributed by atoms with Crippen LogP contribution in [0, 0.1) is 0 Å². The van der Waals surface area contributed by atoms with Gasteiger partial charge in [0.2, 0.25) is 5.76 Å². The highest BCUT2D eigenvalue weighted by atomic mass is 16.6. The molecule has 1 aliphatic heterocycles. The molecule has 0 radical (unpaired) electrons. The summed E-state index contributed by atoms with van der Waals surface area (Å²) in [5.74, 6) is -0.984. The molecule has 0 saturated heterocycles. The van der Waals surface area contributed by atoms with Crippen LogP contribution >= 0.6 is 0 Å². The van der Waals surface area contributed by atoms with Crippen LogP contribution in [0.25, 0.3) is 11.3 Å². The number of nitrogens with zero attached hydrogens (tertiary/aromatic N) is 2. The highest BCUT2D eigenvalue weighted by molar-refractivity contribution is 5.97. The van der Waals surface area contributed by atoms with Crippen LogP contribution in [0.2, 0.25) is 0 Å². The fourth-order valence-electron chi connectivity index (χ4n) is 3.19. The van der Waals surface area contributed by atoms with Crippen LogP contribution in [0.5, 0.6) is 0 Å². The van der Waals surface area contributed by atoms with Crippen molar-refractivity contribution in [2.45, 2.75) is 12.8 Å². The molecular formula is C21H18N2O4. The van der Waals surface area contributed by atoms with Gasteiger partial charge >= 0.3 is 5.97 Å². The number of ether oxygens (including phenoxy) is 1. The largest absolute Gasteiger partial charge is 0.450 e. The van der Waals surface area contributed by atoms with Crippen molar-refractivity contribution in [3.8, 4) is 11.3 Å². The minimum atomic E-state index is -0.705. The number of benzene rings is 2. The number of para-hydroxylation sites is 1. The number of rotatable bonds is 4. The second-order valence-electron chi connectivity index (χ2n) is 6.30. The molecule has 1 aromatic heterocycles. The van der Waals surface area contributed by atoms with Gasteiger partial charge in [-0.05, 0) is 24.5 Å². The predicted octanol–water partition coefficient (Wildman–Crippen LogP) is 3.48. The van der Waals surface area contributed by atoms with Gasteiger partial charge in [-0.15, -0.1) is 0 Å². The minimum Gasteiger partial charge on any atom is -0.450 e. The van der Waals surface area contributed by atoms with E-state index in [-0.39, 0.29) is 18.3 Å². The zero-order valence-corrected chi connectivity index (χ0v) is 14.6. The lowest BCUT2D eigenvalue weighted by Crippen LogP contribution is -2.38. The van der Waals surface area contributed by atoms with Gasteiger partial charge < -0.3 is 14.2 Å². The van der Waals surface area contributed by atoms with Crippen LogP contribution in [-0.2, 0) is 16.0 Å². The van der Waals surface area contributed by atoms with Crippen molar-refractivity contribution in [2.24, 2.45) is 0 Å². The molecule has 0 aliphatic carbocycles. The van der Waals surface area contributed by atoms with E-state index in [1.54, 1.807) is 4.90 Å². The van der Waals surface area contributed by atoms with Gasteiger partial charge in [0.05, 0.1) is 0 Å². The maximum Gasteiger partial charge on any atom is 0.377 e. The molecule has 1 amide bonds. The highest BCUT2D eigenvalue weighted by Crippen LogP contribution is 2.26. The number of carbonyl (C=O) groups is 2. The summed E-state index contributed by atoms with van der Waals surface area (Å²) in [6, 6.07) is 18.7. The fourth-order valence-corrected chi connectivity index (χ4v) is 3.19. The first kappa shape index (κ1) is 17.0. The quantitative estimate of drug-likeness (QED) is 0.665. The van der Waals surface area contributed by atoms with E-state index in [0.29, 0.717) is 12.2 Å². The van der Waals surface area contributed by atoms with Gasteiger partial charge in [0.15, 0.2) is 6.61 Å². The first-order valence-corrected chi connectivity index (χ1v) is 8.80. The molecule has 0 N–H and O–H groups in total. The average molecular weight is 362 g/mol. The molecule has 1 aliphatic rings. The summed E-state index contributed by atoms with van der Waals surface area (Å²) in [4.78, 5) is 26.4. The minimum absolute atomic E-state index is 0.0271. The van der Waals surface area contributed by atoms with Crippen LogP contribution in [0.15, 0.2) is 65.2 Å². The molecule has 0 fully saturated rings. The molecule has 6 heteroatoms. The van der Waals surface area contributed by atoms with Gasteiger partial charge in [-0.3, -0.25) is 4.79 Å². The molecular weight excluding hydrogens is 344 g/mol. The molecule has 0 bridgehead atoms. The maximum atomic E-state index is 12.5. The van der Waals surface area contributed by atoms with Crippen molar-refractivity contribution >= 4 is 17.6 Å². The van der Waals surface area contributed by atoms with E-state index in [9.17, 15) is 9.59 Å². The van der Waals surface area contributed by atoms with E-state index in [0.717, 1.165) is 29.7 Å². The molecule has 6 nitrogen and oxygen atoms in total. The maximum absolute atomic E-state index is 12.5. The third-order valence-corrected chi connectivity index (χ3v) is 4.52. The Morgan fingerprint density at radius 2 is 1.85 bits per heavy atom. The lowest BCUT2D eigenvalue weighted by molar-refractivity contribution is -0.121. The van der Waals surface area contributed by atoms with Gasteiger partial charge in [-0.1, -0.05) is 53.7 Å². The number of fused-ring (bicyclic) bond motifs is 1. The molecule has 0 spiro atoms. The normalized spacial score (nSPS) is 13.1. The SMILES string of the molecule is O=C(OCC(=O)N1CCCc2ccccc21)c1cc(-c2ccccc2)no1. The molecule has 4 rings (SSSR count). The van der Waals surface area contributed by atoms with E-state index < -0.39 is 5.97 Å². The van der Waals surface area contributed by atoms with Crippen LogP contribution in [0.4, 0.5) is 5.69 Å². The lowest BCUT2D eigenvalue weighted by atomic mass is 10.0. The van der Waals surface area contributed by atoms with Crippen molar-refractivity contribution in [1.82, 2.24) is 5.16 Å². The summed E-state index contributed by atoms with van der Waals surface area (Å²) in [6.07, 6.45) is 1.83. The zero-order valence-electron chi connectivity index (χ0n) is 14.6. The van der Waals surface area contributed by atoms with Crippen molar-refractivity contribution in [3.63, 3.8) is 0 Å². The molecule has 2 heterocycles. The second-order valence-corrected chi connectivity index (χ2v) is 6.30. The summed E-state index contributed by atoms with van der Waals surface area (Å²) < 4.78 is 10.2. The number of esters is 1. The molecule has 27 heavy (non-hydrogen) atoms. The van der Waals surface area contributed by atoms with Gasteiger partial charge in [0.1, 0.15) is 5.69 Å². The number of hydrogen-bond donors (Lipinski definition) is 0. The number of carbonyl (C=O) groups excluding carboxylic acids is 2. The lowest BCUT2D eigenvalue weighted by Gasteiger charge is -2.29. The number of anilines is 1. The third-order valence-electron chi connectivity index (χ3n) is 4.52. The van der Waals surface area contributed by atoms with Gasteiger partial charge in [-0.2, -0.15) is 0 Å². The van der Waals surface area contributed by atoms with Gasteiger partial charge in [0.25, 0.3) is 5.91 Å². The van der Waals surface area contributed by atoms with E-state index in [2.05, 4.69) is 5.16 Å².